The van der Waals surface area contributed by atoms with E-state index in [2.05, 4.69) is 11.8 Å². The highest BCUT2D eigenvalue weighted by molar-refractivity contribution is 5.64. The third kappa shape index (κ3) is 7.23. The Hall–Kier alpha value is -2.86. The van der Waals surface area contributed by atoms with Crippen LogP contribution in [0.5, 0.6) is 5.75 Å². The molecule has 2 N–H and O–H groups in total. The molecule has 162 valence electrons. The number of phenolic OH excluding ortho intramolecular Hbond substituents is 1. The minimum Gasteiger partial charge on any atom is -0.497 e. The summed E-state index contributed by atoms with van der Waals surface area (Å²) < 4.78 is 0. The number of nitro groups is 3. The third-order valence-electron chi connectivity index (χ3n) is 4.65. The second-order valence-corrected chi connectivity index (χ2v) is 6.83. The Morgan fingerprint density at radius 1 is 1.03 bits per heavy atom. The number of likely N-dealkylation sites (N-methyl/N-ethyl adjacent to an activating group) is 1. The molecule has 0 amide bonds. The Bertz CT molecular complexity index is 699. The number of hydrogen-bond donors (Lipinski definition) is 2. The normalized spacial score (nSPS) is 15.3. The minimum atomic E-state index is -1.21. The SMILES string of the molecule is CCN(CC(C)O)C1CCCCC1.O=[N+]([O-])c1cc([N+](=O)[O-])c(O)c([N+](=O)[O-])c1. The van der Waals surface area contributed by atoms with E-state index in [1.54, 1.807) is 0 Å². The molecule has 12 nitrogen and oxygen atoms in total. The highest BCUT2D eigenvalue weighted by Crippen LogP contribution is 2.38. The van der Waals surface area contributed by atoms with Crippen molar-refractivity contribution in [2.24, 2.45) is 0 Å². The molecule has 0 aromatic heterocycles. The summed E-state index contributed by atoms with van der Waals surface area (Å²) in [5.41, 5.74) is -3.00. The van der Waals surface area contributed by atoms with Crippen LogP contribution in [0.25, 0.3) is 0 Å². The second-order valence-electron chi connectivity index (χ2n) is 6.83. The van der Waals surface area contributed by atoms with Crippen molar-refractivity contribution in [2.45, 2.75) is 58.1 Å². The summed E-state index contributed by atoms with van der Waals surface area (Å²) in [6.07, 6.45) is 6.65. The average molecular weight is 414 g/mol. The summed E-state index contributed by atoms with van der Waals surface area (Å²) in [6, 6.07) is 1.64. The fraction of sp³-hybridized carbons (Fsp3) is 0.647. The molecule has 0 spiro atoms. The lowest BCUT2D eigenvalue weighted by Crippen LogP contribution is -2.40. The van der Waals surface area contributed by atoms with E-state index in [-0.39, 0.29) is 6.10 Å². The van der Waals surface area contributed by atoms with E-state index in [0.717, 1.165) is 19.1 Å². The fourth-order valence-electron chi connectivity index (χ4n) is 3.30. The van der Waals surface area contributed by atoms with Gasteiger partial charge in [-0.25, -0.2) is 0 Å². The molecular formula is C17H26N4O8. The third-order valence-corrected chi connectivity index (χ3v) is 4.65. The van der Waals surface area contributed by atoms with Gasteiger partial charge in [-0.1, -0.05) is 26.2 Å². The summed E-state index contributed by atoms with van der Waals surface area (Å²) in [5.74, 6) is -1.21. The number of aliphatic hydroxyl groups excluding tert-OH is 1. The van der Waals surface area contributed by atoms with Gasteiger partial charge in [0.25, 0.3) is 11.4 Å². The van der Waals surface area contributed by atoms with Crippen LogP contribution in [0.1, 0.15) is 46.0 Å². The van der Waals surface area contributed by atoms with Crippen molar-refractivity contribution in [1.82, 2.24) is 4.90 Å². The van der Waals surface area contributed by atoms with Crippen molar-refractivity contribution in [2.75, 3.05) is 13.1 Å². The molecule has 1 unspecified atom stereocenters. The van der Waals surface area contributed by atoms with Crippen LogP contribution in [-0.2, 0) is 0 Å². The molecule has 1 aromatic rings. The van der Waals surface area contributed by atoms with Crippen molar-refractivity contribution in [3.05, 3.63) is 42.5 Å². The molecule has 1 aromatic carbocycles. The molecule has 1 aliphatic rings. The van der Waals surface area contributed by atoms with Gasteiger partial charge in [-0.3, -0.25) is 35.2 Å². The highest BCUT2D eigenvalue weighted by atomic mass is 16.6. The molecule has 29 heavy (non-hydrogen) atoms. The van der Waals surface area contributed by atoms with Gasteiger partial charge in [-0.2, -0.15) is 0 Å². The van der Waals surface area contributed by atoms with E-state index in [1.165, 1.54) is 32.1 Å². The Kier molecular flexibility index (Phi) is 9.35. The first kappa shape index (κ1) is 24.2. The van der Waals surface area contributed by atoms with Gasteiger partial charge < -0.3 is 10.2 Å². The number of hydrogen-bond acceptors (Lipinski definition) is 9. The molecule has 12 heteroatoms. The van der Waals surface area contributed by atoms with Crippen LogP contribution in [-0.4, -0.2) is 55.1 Å². The maximum atomic E-state index is 10.4. The van der Waals surface area contributed by atoms with Crippen molar-refractivity contribution < 1.29 is 25.0 Å². The van der Waals surface area contributed by atoms with Crippen LogP contribution in [0.2, 0.25) is 0 Å². The lowest BCUT2D eigenvalue weighted by Gasteiger charge is -2.34. The maximum absolute atomic E-state index is 10.4. The molecular weight excluding hydrogens is 388 g/mol. The summed E-state index contributed by atoms with van der Waals surface area (Å²) >= 11 is 0. The van der Waals surface area contributed by atoms with E-state index in [9.17, 15) is 35.4 Å². The Labute approximate surface area is 167 Å². The van der Waals surface area contributed by atoms with Gasteiger partial charge in [-0.05, 0) is 26.3 Å². The molecule has 0 aliphatic heterocycles. The van der Waals surface area contributed by atoms with Crippen LogP contribution in [0, 0.1) is 30.3 Å². The van der Waals surface area contributed by atoms with Gasteiger partial charge in [0, 0.05) is 12.6 Å². The quantitative estimate of drug-likeness (QED) is 0.501. The van der Waals surface area contributed by atoms with Crippen LogP contribution >= 0.6 is 0 Å². The van der Waals surface area contributed by atoms with Crippen molar-refractivity contribution in [3.8, 4) is 5.75 Å². The van der Waals surface area contributed by atoms with Crippen LogP contribution in [0.4, 0.5) is 17.1 Å². The first-order valence-corrected chi connectivity index (χ1v) is 9.30. The zero-order valence-electron chi connectivity index (χ0n) is 16.4. The van der Waals surface area contributed by atoms with Crippen molar-refractivity contribution >= 4 is 17.1 Å². The fourth-order valence-corrected chi connectivity index (χ4v) is 3.30. The molecule has 2 rings (SSSR count). The number of aromatic hydroxyl groups is 1. The van der Waals surface area contributed by atoms with E-state index in [4.69, 9.17) is 5.11 Å². The van der Waals surface area contributed by atoms with Crippen LogP contribution < -0.4 is 0 Å². The molecule has 0 bridgehead atoms. The maximum Gasteiger partial charge on any atom is 0.324 e. The van der Waals surface area contributed by atoms with Gasteiger partial charge in [0.1, 0.15) is 0 Å². The second kappa shape index (κ2) is 11.2. The molecule has 0 saturated heterocycles. The first-order chi connectivity index (χ1) is 13.6. The Balaban J connectivity index is 0.000000296. The van der Waals surface area contributed by atoms with Crippen LogP contribution in [0.15, 0.2) is 12.1 Å². The number of rotatable bonds is 7. The summed E-state index contributed by atoms with van der Waals surface area (Å²) in [5, 5.41) is 49.6. The smallest absolute Gasteiger partial charge is 0.324 e. The lowest BCUT2D eigenvalue weighted by atomic mass is 9.94. The van der Waals surface area contributed by atoms with Gasteiger partial charge in [0.2, 0.25) is 0 Å². The lowest BCUT2D eigenvalue weighted by molar-refractivity contribution is -0.404. The summed E-state index contributed by atoms with van der Waals surface area (Å²) in [7, 11) is 0. The Morgan fingerprint density at radius 2 is 1.52 bits per heavy atom. The first-order valence-electron chi connectivity index (χ1n) is 9.30. The summed E-state index contributed by atoms with van der Waals surface area (Å²) in [6.45, 7) is 6.00. The van der Waals surface area contributed by atoms with Crippen molar-refractivity contribution in [3.63, 3.8) is 0 Å². The topological polar surface area (TPSA) is 173 Å². The van der Waals surface area contributed by atoms with E-state index < -0.39 is 37.6 Å². The van der Waals surface area contributed by atoms with Gasteiger partial charge in [0.05, 0.1) is 33.0 Å². The number of aliphatic hydroxyl groups is 1. The predicted octanol–water partition coefficient (Wildman–Crippen LogP) is 3.14. The molecule has 0 heterocycles. The highest BCUT2D eigenvalue weighted by Gasteiger charge is 2.30. The Morgan fingerprint density at radius 3 is 1.86 bits per heavy atom. The molecule has 1 fully saturated rings. The van der Waals surface area contributed by atoms with Gasteiger partial charge in [-0.15, -0.1) is 0 Å². The molecule has 1 atom stereocenters. The molecule has 0 radical (unpaired) electrons. The average Bonchev–Trinajstić information content (AvgIpc) is 2.66. The standard InChI is InChI=1S/C11H23NO.C6H3N3O7/c1-3-12(9-10(2)13)11-7-5-4-6-8-11;10-6-4(8(13)14)1-3(7(11)12)2-5(6)9(15)16/h10-11,13H,3-9H2,1-2H3;1-2,10H. The van der Waals surface area contributed by atoms with E-state index in [0.29, 0.717) is 12.1 Å². The molecule has 1 saturated carbocycles. The van der Waals surface area contributed by atoms with E-state index in [1.807, 2.05) is 6.92 Å². The minimum absolute atomic E-state index is 0.179. The van der Waals surface area contributed by atoms with Gasteiger partial charge >= 0.3 is 11.4 Å². The number of nitrogens with zero attached hydrogens (tertiary/aromatic N) is 4. The number of phenols is 1. The number of non-ortho nitro benzene ring substituents is 1. The number of nitro benzene ring substituents is 3. The molecule has 1 aliphatic carbocycles. The van der Waals surface area contributed by atoms with Crippen molar-refractivity contribution in [1.29, 1.82) is 0 Å². The van der Waals surface area contributed by atoms with E-state index >= 15 is 0 Å². The predicted molar refractivity (Wildman–Crippen MR) is 104 cm³/mol. The zero-order valence-corrected chi connectivity index (χ0v) is 16.4. The van der Waals surface area contributed by atoms with Crippen LogP contribution in [0.3, 0.4) is 0 Å². The monoisotopic (exact) mass is 414 g/mol. The summed E-state index contributed by atoms with van der Waals surface area (Å²) in [4.78, 5) is 30.2. The number of benzene rings is 1. The zero-order chi connectivity index (χ0) is 22.1. The van der Waals surface area contributed by atoms with Gasteiger partial charge in [0.15, 0.2) is 0 Å². The largest absolute Gasteiger partial charge is 0.497 e.